The van der Waals surface area contributed by atoms with Crippen LogP contribution in [0.5, 0.6) is 0 Å². The normalized spacial score (nSPS) is 13.5. The molecule has 0 radical (unpaired) electrons. The molecule has 0 saturated carbocycles. The highest BCUT2D eigenvalue weighted by molar-refractivity contribution is 8.02. The number of nitrogens with zero attached hydrogens (tertiary/aromatic N) is 1. The number of oxazole rings is 1. The zero-order chi connectivity index (χ0) is 13.1. The Labute approximate surface area is 109 Å². The first-order valence-electron chi connectivity index (χ1n) is 5.93. The van der Waals surface area contributed by atoms with Crippen LogP contribution in [0.15, 0.2) is 16.0 Å². The molecular formula is C14H23NOS. The molecule has 0 atom stereocenters. The Morgan fingerprint density at radius 1 is 1.24 bits per heavy atom. The minimum Gasteiger partial charge on any atom is -0.441 e. The predicted molar refractivity (Wildman–Crippen MR) is 76.2 cm³/mol. The van der Waals surface area contributed by atoms with Crippen LogP contribution in [0.2, 0.25) is 0 Å². The van der Waals surface area contributed by atoms with Crippen LogP contribution in [0.25, 0.3) is 6.08 Å². The van der Waals surface area contributed by atoms with Crippen LogP contribution in [0.3, 0.4) is 0 Å². The minimum absolute atomic E-state index is 0.0254. The Kier molecular flexibility index (Phi) is 4.48. The molecule has 0 unspecified atom stereocenters. The Morgan fingerprint density at radius 2 is 1.88 bits per heavy atom. The number of hydrogen-bond acceptors (Lipinski definition) is 3. The van der Waals surface area contributed by atoms with E-state index < -0.39 is 0 Å². The summed E-state index contributed by atoms with van der Waals surface area (Å²) in [5.74, 6) is 2.71. The van der Waals surface area contributed by atoms with E-state index in [4.69, 9.17) is 4.42 Å². The summed E-state index contributed by atoms with van der Waals surface area (Å²) in [5, 5.41) is 2.06. The van der Waals surface area contributed by atoms with E-state index in [-0.39, 0.29) is 5.41 Å². The first-order chi connectivity index (χ1) is 7.68. The van der Waals surface area contributed by atoms with Crippen molar-refractivity contribution < 1.29 is 4.42 Å². The lowest BCUT2D eigenvalue weighted by atomic mass is 9.94. The fraction of sp³-hybridized carbons (Fsp3) is 0.643. The van der Waals surface area contributed by atoms with Crippen molar-refractivity contribution in [1.82, 2.24) is 4.98 Å². The molecule has 0 aromatic carbocycles. The molecule has 0 fully saturated rings. The molecule has 0 aliphatic carbocycles. The third-order valence-corrected chi connectivity index (χ3v) is 3.45. The first kappa shape index (κ1) is 14.4. The fourth-order valence-corrected chi connectivity index (χ4v) is 1.92. The Bertz CT molecular complexity index is 380. The van der Waals surface area contributed by atoms with Crippen molar-refractivity contribution in [3.05, 3.63) is 23.3 Å². The van der Waals surface area contributed by atoms with Crippen LogP contribution in [0, 0.1) is 5.41 Å². The summed E-state index contributed by atoms with van der Waals surface area (Å²) in [4.78, 5) is 4.25. The van der Waals surface area contributed by atoms with E-state index >= 15 is 0 Å². The van der Waals surface area contributed by atoms with Gasteiger partial charge in [-0.3, -0.25) is 0 Å². The summed E-state index contributed by atoms with van der Waals surface area (Å²) in [5.41, 5.74) is 0.375. The summed E-state index contributed by atoms with van der Waals surface area (Å²) in [6.07, 6.45) is 3.75. The second-order valence-electron chi connectivity index (χ2n) is 6.49. The lowest BCUT2D eigenvalue weighted by Crippen LogP contribution is -2.09. The fourth-order valence-electron chi connectivity index (χ4n) is 1.12. The number of hydrogen-bond donors (Lipinski definition) is 0. The standard InChI is InChI=1S/C14H23NOS/c1-13(2,3)10-17-8-7-12-15-9-11(16-12)14(4,5)6/h7-9H,10H2,1-6H3/b8-7+. The predicted octanol–water partition coefficient (Wildman–Crippen LogP) is 4.72. The van der Waals surface area contributed by atoms with Gasteiger partial charge in [0.2, 0.25) is 5.89 Å². The van der Waals surface area contributed by atoms with Gasteiger partial charge >= 0.3 is 0 Å². The average Bonchev–Trinajstić information content (AvgIpc) is 2.58. The van der Waals surface area contributed by atoms with E-state index in [1.807, 2.05) is 12.3 Å². The van der Waals surface area contributed by atoms with Crippen LogP contribution in [-0.4, -0.2) is 10.7 Å². The van der Waals surface area contributed by atoms with Gasteiger partial charge in [0.25, 0.3) is 0 Å². The van der Waals surface area contributed by atoms with Crippen LogP contribution in [-0.2, 0) is 5.41 Å². The summed E-state index contributed by atoms with van der Waals surface area (Å²) < 4.78 is 5.67. The van der Waals surface area contributed by atoms with Crippen molar-refractivity contribution in [3.63, 3.8) is 0 Å². The third kappa shape index (κ3) is 5.44. The number of aromatic nitrogens is 1. The quantitative estimate of drug-likeness (QED) is 0.779. The molecule has 0 aliphatic rings. The lowest BCUT2D eigenvalue weighted by molar-refractivity contribution is 0.403. The van der Waals surface area contributed by atoms with Crippen molar-refractivity contribution in [3.8, 4) is 0 Å². The minimum atomic E-state index is 0.0254. The SMILES string of the molecule is CC(C)(C)CS/C=C/c1ncc(C(C)(C)C)o1. The highest BCUT2D eigenvalue weighted by Gasteiger charge is 2.18. The van der Waals surface area contributed by atoms with Crippen LogP contribution >= 0.6 is 11.8 Å². The van der Waals surface area contributed by atoms with Gasteiger partial charge in [0.15, 0.2) is 0 Å². The maximum absolute atomic E-state index is 5.67. The van der Waals surface area contributed by atoms with Gasteiger partial charge in [0.05, 0.1) is 6.20 Å². The van der Waals surface area contributed by atoms with E-state index in [1.165, 1.54) is 0 Å². The van der Waals surface area contributed by atoms with Crippen LogP contribution in [0.4, 0.5) is 0 Å². The van der Waals surface area contributed by atoms with Gasteiger partial charge in [0.1, 0.15) is 5.76 Å². The van der Waals surface area contributed by atoms with Gasteiger partial charge < -0.3 is 4.42 Å². The molecule has 1 aromatic heterocycles. The molecule has 0 saturated heterocycles. The Balaban J connectivity index is 2.53. The van der Waals surface area contributed by atoms with Gasteiger partial charge in [-0.1, -0.05) is 41.5 Å². The molecule has 1 heterocycles. The molecular weight excluding hydrogens is 230 g/mol. The number of thioether (sulfide) groups is 1. The first-order valence-corrected chi connectivity index (χ1v) is 6.98. The topological polar surface area (TPSA) is 26.0 Å². The van der Waals surface area contributed by atoms with Crippen LogP contribution in [0.1, 0.15) is 53.2 Å². The maximum atomic E-state index is 5.67. The molecule has 0 N–H and O–H groups in total. The third-order valence-electron chi connectivity index (χ3n) is 2.09. The smallest absolute Gasteiger partial charge is 0.219 e. The summed E-state index contributed by atoms with van der Waals surface area (Å²) >= 11 is 1.79. The van der Waals surface area contributed by atoms with Crippen molar-refractivity contribution in [2.75, 3.05) is 5.75 Å². The van der Waals surface area contributed by atoms with Gasteiger partial charge in [-0.25, -0.2) is 4.98 Å². The van der Waals surface area contributed by atoms with Gasteiger partial charge in [-0.05, 0) is 10.8 Å². The summed E-state index contributed by atoms with van der Waals surface area (Å²) in [6.45, 7) is 13.1. The lowest BCUT2D eigenvalue weighted by Gasteiger charge is -2.15. The van der Waals surface area contributed by atoms with E-state index in [9.17, 15) is 0 Å². The molecule has 96 valence electrons. The molecule has 17 heavy (non-hydrogen) atoms. The van der Waals surface area contributed by atoms with Crippen molar-refractivity contribution in [2.45, 2.75) is 47.0 Å². The Morgan fingerprint density at radius 3 is 2.35 bits per heavy atom. The molecule has 0 spiro atoms. The number of rotatable bonds is 3. The van der Waals surface area contributed by atoms with Gasteiger partial charge in [0, 0.05) is 17.2 Å². The van der Waals surface area contributed by atoms with Crippen molar-refractivity contribution in [1.29, 1.82) is 0 Å². The molecule has 1 aromatic rings. The van der Waals surface area contributed by atoms with Crippen LogP contribution < -0.4 is 0 Å². The van der Waals surface area contributed by atoms with E-state index in [2.05, 4.69) is 51.9 Å². The molecule has 2 nitrogen and oxygen atoms in total. The largest absolute Gasteiger partial charge is 0.441 e. The molecule has 0 amide bonds. The van der Waals surface area contributed by atoms with E-state index in [0.717, 1.165) is 11.5 Å². The zero-order valence-corrected chi connectivity index (χ0v) is 12.5. The summed E-state index contributed by atoms with van der Waals surface area (Å²) in [6, 6.07) is 0. The molecule has 1 rings (SSSR count). The average molecular weight is 253 g/mol. The van der Waals surface area contributed by atoms with Crippen molar-refractivity contribution in [2.24, 2.45) is 5.41 Å². The van der Waals surface area contributed by atoms with Crippen molar-refractivity contribution >= 4 is 17.8 Å². The Hall–Kier alpha value is -0.700. The zero-order valence-electron chi connectivity index (χ0n) is 11.7. The maximum Gasteiger partial charge on any atom is 0.219 e. The van der Waals surface area contributed by atoms with E-state index in [0.29, 0.717) is 11.3 Å². The molecule has 0 aliphatic heterocycles. The van der Waals surface area contributed by atoms with E-state index in [1.54, 1.807) is 11.8 Å². The highest BCUT2D eigenvalue weighted by atomic mass is 32.2. The molecule has 0 bridgehead atoms. The molecule has 3 heteroatoms. The monoisotopic (exact) mass is 253 g/mol. The highest BCUT2D eigenvalue weighted by Crippen LogP contribution is 2.24. The van der Waals surface area contributed by atoms with Gasteiger partial charge in [-0.15, -0.1) is 11.8 Å². The summed E-state index contributed by atoms with van der Waals surface area (Å²) in [7, 11) is 0. The second kappa shape index (κ2) is 5.30. The van der Waals surface area contributed by atoms with Gasteiger partial charge in [-0.2, -0.15) is 0 Å². The second-order valence-corrected chi connectivity index (χ2v) is 7.38.